The number of nitrogens with one attached hydrogen (secondary N) is 2. The van der Waals surface area contributed by atoms with Crippen LogP contribution in [-0.4, -0.2) is 41.0 Å². The first-order chi connectivity index (χ1) is 13.5. The van der Waals surface area contributed by atoms with E-state index in [9.17, 15) is 14.0 Å². The second-order valence-corrected chi connectivity index (χ2v) is 7.05. The second kappa shape index (κ2) is 8.71. The first-order valence-electron chi connectivity index (χ1n) is 9.27. The number of fused-ring (bicyclic) bond motifs is 1. The van der Waals surface area contributed by atoms with E-state index in [1.165, 1.54) is 4.68 Å². The Morgan fingerprint density at radius 1 is 1.24 bits per heavy atom. The van der Waals surface area contributed by atoms with Gasteiger partial charge in [-0.25, -0.2) is 4.39 Å². The van der Waals surface area contributed by atoms with Gasteiger partial charge in [-0.15, -0.1) is 12.4 Å². The summed E-state index contributed by atoms with van der Waals surface area (Å²) in [5.74, 6) is -0.267. The Balaban J connectivity index is 0.00000240. The van der Waals surface area contributed by atoms with E-state index >= 15 is 0 Å². The molecule has 0 aliphatic carbocycles. The number of hydrogen-bond acceptors (Lipinski definition) is 4. The highest BCUT2D eigenvalue weighted by Gasteiger charge is 2.23. The molecule has 8 heteroatoms. The average molecular weight is 417 g/mol. The Hall–Kier alpha value is -2.77. The Labute approximate surface area is 173 Å². The van der Waals surface area contributed by atoms with Gasteiger partial charge >= 0.3 is 0 Å². The monoisotopic (exact) mass is 416 g/mol. The number of nitrogens with zero attached hydrogens (tertiary/aromatic N) is 2. The molecule has 1 aliphatic rings. The maximum absolute atomic E-state index is 13.2. The number of amides is 1. The highest BCUT2D eigenvalue weighted by Crippen LogP contribution is 2.15. The SMILES string of the molecule is Cc1nn(-c2cccc(C(=O)NC[C@@H]3C[C@H](F)CN3)c2)c(=O)c2ccccc12.Cl. The molecule has 4 rings (SSSR count). The Bertz CT molecular complexity index is 1100. The topological polar surface area (TPSA) is 76.0 Å². The van der Waals surface area contributed by atoms with Crippen molar-refractivity contribution in [3.05, 3.63) is 70.1 Å². The number of benzene rings is 2. The molecule has 1 aromatic heterocycles. The highest BCUT2D eigenvalue weighted by atomic mass is 35.5. The Morgan fingerprint density at radius 3 is 2.72 bits per heavy atom. The number of hydrogen-bond donors (Lipinski definition) is 2. The van der Waals surface area contributed by atoms with Crippen molar-refractivity contribution in [3.63, 3.8) is 0 Å². The zero-order valence-corrected chi connectivity index (χ0v) is 16.7. The summed E-state index contributed by atoms with van der Waals surface area (Å²) >= 11 is 0. The molecule has 1 aliphatic heterocycles. The van der Waals surface area contributed by atoms with Gasteiger partial charge in [0.1, 0.15) is 6.17 Å². The molecule has 0 spiro atoms. The van der Waals surface area contributed by atoms with Crippen molar-refractivity contribution < 1.29 is 9.18 Å². The minimum absolute atomic E-state index is 0. The number of rotatable bonds is 4. The van der Waals surface area contributed by atoms with Crippen LogP contribution in [-0.2, 0) is 0 Å². The van der Waals surface area contributed by atoms with Crippen molar-refractivity contribution in [2.45, 2.75) is 25.6 Å². The van der Waals surface area contributed by atoms with Crippen molar-refractivity contribution in [2.24, 2.45) is 0 Å². The van der Waals surface area contributed by atoms with Crippen LogP contribution in [0.5, 0.6) is 0 Å². The van der Waals surface area contributed by atoms with E-state index in [1.54, 1.807) is 30.3 Å². The Kier molecular flexibility index (Phi) is 6.30. The molecule has 2 aromatic carbocycles. The third kappa shape index (κ3) is 4.31. The van der Waals surface area contributed by atoms with Crippen LogP contribution < -0.4 is 16.2 Å². The van der Waals surface area contributed by atoms with Gasteiger partial charge in [0.15, 0.2) is 0 Å². The largest absolute Gasteiger partial charge is 0.350 e. The van der Waals surface area contributed by atoms with E-state index in [1.807, 2.05) is 25.1 Å². The van der Waals surface area contributed by atoms with Crippen LogP contribution in [0.2, 0.25) is 0 Å². The number of carbonyl (C=O) groups excluding carboxylic acids is 1. The molecule has 1 amide bonds. The number of halogens is 2. The van der Waals surface area contributed by atoms with Crippen molar-refractivity contribution in [3.8, 4) is 5.69 Å². The van der Waals surface area contributed by atoms with Crippen molar-refractivity contribution in [1.29, 1.82) is 0 Å². The quantitative estimate of drug-likeness (QED) is 0.685. The van der Waals surface area contributed by atoms with Crippen LogP contribution in [0, 0.1) is 6.92 Å². The van der Waals surface area contributed by atoms with Gasteiger partial charge in [0, 0.05) is 30.1 Å². The Morgan fingerprint density at radius 2 is 2.00 bits per heavy atom. The standard InChI is InChI=1S/C21H21FN4O2.ClH/c1-13-18-7-2-3-8-19(18)21(28)26(25-13)17-6-4-5-14(9-17)20(27)24-12-16-10-15(22)11-23-16;/h2-9,15-16,23H,10-12H2,1H3,(H,24,27);1H/t15-,16-;/m0./s1. The summed E-state index contributed by atoms with van der Waals surface area (Å²) in [6, 6.07) is 14.0. The molecule has 0 bridgehead atoms. The van der Waals surface area contributed by atoms with Crippen molar-refractivity contribution in [1.82, 2.24) is 20.4 Å². The van der Waals surface area contributed by atoms with Gasteiger partial charge in [-0.1, -0.05) is 24.3 Å². The summed E-state index contributed by atoms with van der Waals surface area (Å²) < 4.78 is 14.5. The fourth-order valence-electron chi connectivity index (χ4n) is 3.55. The van der Waals surface area contributed by atoms with Gasteiger partial charge in [-0.05, 0) is 37.6 Å². The molecule has 152 valence electrons. The molecule has 3 aromatic rings. The van der Waals surface area contributed by atoms with E-state index in [2.05, 4.69) is 15.7 Å². The first kappa shape index (κ1) is 21.0. The lowest BCUT2D eigenvalue weighted by molar-refractivity contribution is 0.0950. The summed E-state index contributed by atoms with van der Waals surface area (Å²) in [4.78, 5) is 25.3. The lowest BCUT2D eigenvalue weighted by Gasteiger charge is -2.12. The lowest BCUT2D eigenvalue weighted by Crippen LogP contribution is -2.37. The van der Waals surface area contributed by atoms with E-state index in [0.717, 1.165) is 11.1 Å². The number of alkyl halides is 1. The summed E-state index contributed by atoms with van der Waals surface area (Å²) in [6.45, 7) is 2.53. The highest BCUT2D eigenvalue weighted by molar-refractivity contribution is 5.94. The van der Waals surface area contributed by atoms with Crippen LogP contribution in [0.3, 0.4) is 0 Å². The van der Waals surface area contributed by atoms with Gasteiger partial charge < -0.3 is 10.6 Å². The molecular formula is C21H22ClFN4O2. The summed E-state index contributed by atoms with van der Waals surface area (Å²) in [5, 5.41) is 11.7. The fourth-order valence-corrected chi connectivity index (χ4v) is 3.55. The maximum atomic E-state index is 13.2. The zero-order valence-electron chi connectivity index (χ0n) is 15.9. The lowest BCUT2D eigenvalue weighted by atomic mass is 10.1. The molecule has 2 heterocycles. The van der Waals surface area contributed by atoms with Crippen LogP contribution in [0.25, 0.3) is 16.5 Å². The van der Waals surface area contributed by atoms with E-state index in [0.29, 0.717) is 36.1 Å². The van der Waals surface area contributed by atoms with Crippen molar-refractivity contribution in [2.75, 3.05) is 13.1 Å². The molecule has 0 unspecified atom stereocenters. The summed E-state index contributed by atoms with van der Waals surface area (Å²) in [5.41, 5.74) is 1.45. The van der Waals surface area contributed by atoms with Gasteiger partial charge in [-0.2, -0.15) is 9.78 Å². The predicted octanol–water partition coefficient (Wildman–Crippen LogP) is 2.55. The number of aryl methyl sites for hydroxylation is 1. The molecular weight excluding hydrogens is 395 g/mol. The van der Waals surface area contributed by atoms with Gasteiger partial charge in [0.05, 0.1) is 16.8 Å². The number of carbonyl (C=O) groups is 1. The smallest absolute Gasteiger partial charge is 0.279 e. The molecule has 0 radical (unpaired) electrons. The third-order valence-corrected chi connectivity index (χ3v) is 5.02. The third-order valence-electron chi connectivity index (χ3n) is 5.02. The normalized spacial score (nSPS) is 18.4. The van der Waals surface area contributed by atoms with E-state index in [4.69, 9.17) is 0 Å². The summed E-state index contributed by atoms with van der Waals surface area (Å²) in [6.07, 6.45) is -0.463. The van der Waals surface area contributed by atoms with E-state index in [-0.39, 0.29) is 29.9 Å². The second-order valence-electron chi connectivity index (χ2n) is 7.05. The minimum atomic E-state index is -0.862. The maximum Gasteiger partial charge on any atom is 0.279 e. The van der Waals surface area contributed by atoms with Crippen LogP contribution in [0.15, 0.2) is 53.3 Å². The zero-order chi connectivity index (χ0) is 19.7. The van der Waals surface area contributed by atoms with E-state index < -0.39 is 6.17 Å². The summed E-state index contributed by atoms with van der Waals surface area (Å²) in [7, 11) is 0. The first-order valence-corrected chi connectivity index (χ1v) is 9.27. The van der Waals surface area contributed by atoms with Crippen molar-refractivity contribution >= 4 is 29.1 Å². The average Bonchev–Trinajstić information content (AvgIpc) is 3.14. The molecule has 2 N–H and O–H groups in total. The molecule has 29 heavy (non-hydrogen) atoms. The molecule has 2 atom stereocenters. The fraction of sp³-hybridized carbons (Fsp3) is 0.286. The van der Waals surface area contributed by atoms with Crippen LogP contribution in [0.4, 0.5) is 4.39 Å². The minimum Gasteiger partial charge on any atom is -0.350 e. The predicted molar refractivity (Wildman–Crippen MR) is 113 cm³/mol. The molecule has 1 fully saturated rings. The van der Waals surface area contributed by atoms with Crippen LogP contribution in [0.1, 0.15) is 22.5 Å². The van der Waals surface area contributed by atoms with Gasteiger partial charge in [0.2, 0.25) is 0 Å². The van der Waals surface area contributed by atoms with Crippen LogP contribution >= 0.6 is 12.4 Å². The number of aromatic nitrogens is 2. The van der Waals surface area contributed by atoms with Gasteiger partial charge in [0.25, 0.3) is 11.5 Å². The molecule has 6 nitrogen and oxygen atoms in total. The van der Waals surface area contributed by atoms with Gasteiger partial charge in [-0.3, -0.25) is 9.59 Å². The molecule has 1 saturated heterocycles. The molecule has 0 saturated carbocycles.